The molecule has 0 bridgehead atoms. The average Bonchev–Trinajstić information content (AvgIpc) is 2.06. The van der Waals surface area contributed by atoms with Gasteiger partial charge in [0.25, 0.3) is 0 Å². The summed E-state index contributed by atoms with van der Waals surface area (Å²) in [5.74, 6) is 0. The van der Waals surface area contributed by atoms with Gasteiger partial charge in [-0.2, -0.15) is 0 Å². The number of nitrogens with zero attached hydrogens (tertiary/aromatic N) is 1. The monoisotopic (exact) mass is 184 g/mol. The summed E-state index contributed by atoms with van der Waals surface area (Å²) in [4.78, 5) is 2.63. The Hall–Kier alpha value is -0.120. The lowest BCUT2D eigenvalue weighted by molar-refractivity contribution is -0.0434. The lowest BCUT2D eigenvalue weighted by atomic mass is 9.86. The van der Waals surface area contributed by atoms with Gasteiger partial charge in [-0.1, -0.05) is 0 Å². The summed E-state index contributed by atoms with van der Waals surface area (Å²) in [5.41, 5.74) is 0. The highest BCUT2D eigenvalue weighted by Crippen LogP contribution is 2.29. The van der Waals surface area contributed by atoms with Crippen LogP contribution in [0.15, 0.2) is 0 Å². The van der Waals surface area contributed by atoms with Crippen LogP contribution >= 0.6 is 0 Å². The fourth-order valence-corrected chi connectivity index (χ4v) is 2.40. The Labute approximate surface area is 80.4 Å². The Morgan fingerprint density at radius 3 is 2.77 bits per heavy atom. The van der Waals surface area contributed by atoms with Crippen LogP contribution in [0.3, 0.4) is 0 Å². The van der Waals surface area contributed by atoms with Gasteiger partial charge in [-0.05, 0) is 19.8 Å². The molecule has 1 aliphatic carbocycles. The molecule has 0 amide bonds. The van der Waals surface area contributed by atoms with Crippen molar-refractivity contribution in [2.75, 3.05) is 26.7 Å². The molecule has 76 valence electrons. The van der Waals surface area contributed by atoms with Crippen molar-refractivity contribution in [3.8, 4) is 0 Å². The van der Waals surface area contributed by atoms with E-state index in [4.69, 9.17) is 4.74 Å². The molecule has 1 atom stereocenters. The molecule has 1 saturated carbocycles. The summed E-state index contributed by atoms with van der Waals surface area (Å²) in [6.07, 6.45) is 3.01. The van der Waals surface area contributed by atoms with Gasteiger partial charge in [-0.25, -0.2) is 0 Å². The molecule has 1 saturated heterocycles. The van der Waals surface area contributed by atoms with E-state index in [0.29, 0.717) is 12.1 Å². The van der Waals surface area contributed by atoms with E-state index in [1.54, 1.807) is 0 Å². The largest absolute Gasteiger partial charge is 0.381 e. The Morgan fingerprint density at radius 2 is 2.15 bits per heavy atom. The van der Waals surface area contributed by atoms with Crippen LogP contribution in [0.4, 0.5) is 0 Å². The molecule has 0 aromatic carbocycles. The van der Waals surface area contributed by atoms with Gasteiger partial charge in [-0.15, -0.1) is 0 Å². The normalized spacial score (nSPS) is 41.5. The van der Waals surface area contributed by atoms with Gasteiger partial charge in [0.15, 0.2) is 0 Å². The van der Waals surface area contributed by atoms with E-state index >= 15 is 0 Å². The summed E-state index contributed by atoms with van der Waals surface area (Å²) in [7, 11) is 1.82. The van der Waals surface area contributed by atoms with Crippen LogP contribution in [-0.4, -0.2) is 49.8 Å². The van der Waals surface area contributed by atoms with E-state index in [9.17, 15) is 0 Å². The minimum Gasteiger partial charge on any atom is -0.381 e. The van der Waals surface area contributed by atoms with Crippen molar-refractivity contribution in [2.45, 2.75) is 38.0 Å². The molecule has 3 nitrogen and oxygen atoms in total. The van der Waals surface area contributed by atoms with E-state index in [-0.39, 0.29) is 0 Å². The first kappa shape index (κ1) is 9.44. The van der Waals surface area contributed by atoms with Crippen molar-refractivity contribution in [2.24, 2.45) is 0 Å². The summed E-state index contributed by atoms with van der Waals surface area (Å²) in [5, 5.41) is 3.42. The average molecular weight is 184 g/mol. The zero-order valence-electron chi connectivity index (χ0n) is 8.62. The highest BCUT2D eigenvalue weighted by atomic mass is 16.5. The number of hydrogen-bond acceptors (Lipinski definition) is 3. The summed E-state index contributed by atoms with van der Waals surface area (Å²) >= 11 is 0. The van der Waals surface area contributed by atoms with Gasteiger partial charge in [0.05, 0.1) is 6.10 Å². The van der Waals surface area contributed by atoms with E-state index in [1.807, 2.05) is 7.11 Å². The third kappa shape index (κ3) is 1.87. The van der Waals surface area contributed by atoms with Crippen molar-refractivity contribution < 1.29 is 4.74 Å². The second-order valence-electron chi connectivity index (χ2n) is 4.27. The Morgan fingerprint density at radius 1 is 1.38 bits per heavy atom. The SMILES string of the molecule is CO[C@H]1C[C@H](N2CCNC[C@H]2C)C1. The van der Waals surface area contributed by atoms with Crippen molar-refractivity contribution in [1.82, 2.24) is 10.2 Å². The second-order valence-corrected chi connectivity index (χ2v) is 4.27. The third-order valence-electron chi connectivity index (χ3n) is 3.42. The fourth-order valence-electron chi connectivity index (χ4n) is 2.40. The number of hydrogen-bond donors (Lipinski definition) is 1. The predicted octanol–water partition coefficient (Wildman–Crippen LogP) is 0.457. The van der Waals surface area contributed by atoms with E-state index < -0.39 is 0 Å². The minimum absolute atomic E-state index is 0.534. The molecule has 2 rings (SSSR count). The molecule has 2 aliphatic rings. The molecular weight excluding hydrogens is 164 g/mol. The first-order valence-electron chi connectivity index (χ1n) is 5.30. The lowest BCUT2D eigenvalue weighted by Crippen LogP contribution is -2.58. The van der Waals surface area contributed by atoms with Crippen LogP contribution in [0, 0.1) is 0 Å². The van der Waals surface area contributed by atoms with Crippen LogP contribution in [0.5, 0.6) is 0 Å². The number of methoxy groups -OCH3 is 1. The first-order chi connectivity index (χ1) is 6.31. The highest BCUT2D eigenvalue weighted by molar-refractivity contribution is 4.92. The predicted molar refractivity (Wildman–Crippen MR) is 52.9 cm³/mol. The summed E-state index contributed by atoms with van der Waals surface area (Å²) in [6.45, 7) is 5.82. The van der Waals surface area contributed by atoms with Crippen molar-refractivity contribution >= 4 is 0 Å². The third-order valence-corrected chi connectivity index (χ3v) is 3.42. The van der Waals surface area contributed by atoms with Gasteiger partial charge in [0.1, 0.15) is 0 Å². The Bertz CT molecular complexity index is 168. The number of piperazine rings is 1. The van der Waals surface area contributed by atoms with E-state index in [2.05, 4.69) is 17.1 Å². The standard InChI is InChI=1S/C10H20N2O/c1-8-7-11-3-4-12(8)9-5-10(6-9)13-2/h8-11H,3-7H2,1-2H3/t8-,9-,10-/m1/s1. The summed E-state index contributed by atoms with van der Waals surface area (Å²) in [6, 6.07) is 1.50. The van der Waals surface area contributed by atoms with Crippen LogP contribution in [0.2, 0.25) is 0 Å². The minimum atomic E-state index is 0.534. The zero-order chi connectivity index (χ0) is 9.26. The van der Waals surface area contributed by atoms with Crippen LogP contribution < -0.4 is 5.32 Å². The van der Waals surface area contributed by atoms with E-state index in [0.717, 1.165) is 19.1 Å². The van der Waals surface area contributed by atoms with Crippen LogP contribution in [-0.2, 0) is 4.74 Å². The fraction of sp³-hybridized carbons (Fsp3) is 1.00. The van der Waals surface area contributed by atoms with Crippen molar-refractivity contribution in [3.63, 3.8) is 0 Å². The maximum atomic E-state index is 5.30. The Kier molecular flexibility index (Phi) is 2.86. The topological polar surface area (TPSA) is 24.5 Å². The van der Waals surface area contributed by atoms with Gasteiger partial charge in [0, 0.05) is 38.8 Å². The lowest BCUT2D eigenvalue weighted by Gasteiger charge is -2.47. The molecule has 1 aliphatic heterocycles. The van der Waals surface area contributed by atoms with Gasteiger partial charge in [-0.3, -0.25) is 4.90 Å². The smallest absolute Gasteiger partial charge is 0.0601 e. The summed E-state index contributed by atoms with van der Waals surface area (Å²) < 4.78 is 5.30. The maximum absolute atomic E-state index is 5.30. The van der Waals surface area contributed by atoms with Crippen LogP contribution in [0.25, 0.3) is 0 Å². The highest BCUT2D eigenvalue weighted by Gasteiger charge is 2.36. The molecule has 1 heterocycles. The van der Waals surface area contributed by atoms with Gasteiger partial charge in [0.2, 0.25) is 0 Å². The molecule has 3 heteroatoms. The molecule has 0 spiro atoms. The quantitative estimate of drug-likeness (QED) is 0.674. The maximum Gasteiger partial charge on any atom is 0.0601 e. The zero-order valence-corrected chi connectivity index (χ0v) is 8.62. The molecule has 13 heavy (non-hydrogen) atoms. The van der Waals surface area contributed by atoms with Crippen LogP contribution in [0.1, 0.15) is 19.8 Å². The molecule has 2 fully saturated rings. The van der Waals surface area contributed by atoms with Gasteiger partial charge >= 0.3 is 0 Å². The number of ether oxygens (including phenoxy) is 1. The van der Waals surface area contributed by atoms with Crippen molar-refractivity contribution in [3.05, 3.63) is 0 Å². The number of rotatable bonds is 2. The molecule has 0 aromatic rings. The molecule has 1 N–H and O–H groups in total. The molecule has 0 unspecified atom stereocenters. The molecular formula is C10H20N2O. The first-order valence-corrected chi connectivity index (χ1v) is 5.30. The second kappa shape index (κ2) is 3.95. The van der Waals surface area contributed by atoms with Gasteiger partial charge < -0.3 is 10.1 Å². The van der Waals surface area contributed by atoms with E-state index in [1.165, 1.54) is 19.4 Å². The number of nitrogens with one attached hydrogen (secondary N) is 1. The molecule has 0 aromatic heterocycles. The molecule has 0 radical (unpaired) electrons. The van der Waals surface area contributed by atoms with Crippen molar-refractivity contribution in [1.29, 1.82) is 0 Å². The Balaban J connectivity index is 1.80.